The summed E-state index contributed by atoms with van der Waals surface area (Å²) in [6, 6.07) is 7.88. The summed E-state index contributed by atoms with van der Waals surface area (Å²) in [7, 11) is 0. The molecule has 0 atom stereocenters. The second kappa shape index (κ2) is 6.56. The fourth-order valence-corrected chi connectivity index (χ4v) is 3.58. The molecule has 0 radical (unpaired) electrons. The number of hydrogen-bond acceptors (Lipinski definition) is 5. The maximum Gasteiger partial charge on any atom is 0.263 e. The van der Waals surface area contributed by atoms with Crippen molar-refractivity contribution < 1.29 is 0 Å². The third kappa shape index (κ3) is 3.39. The fraction of sp³-hybridized carbons (Fsp3) is 0.421. The molecule has 0 saturated carbocycles. The van der Waals surface area contributed by atoms with Crippen LogP contribution in [0.1, 0.15) is 20.8 Å². The monoisotopic (exact) mass is 386 g/mol. The van der Waals surface area contributed by atoms with Crippen LogP contribution in [0.3, 0.4) is 0 Å². The summed E-state index contributed by atoms with van der Waals surface area (Å²) in [6.45, 7) is 9.35. The molecule has 0 aliphatic carbocycles. The minimum Gasteiger partial charge on any atom is -0.368 e. The van der Waals surface area contributed by atoms with Crippen LogP contribution in [0.25, 0.3) is 11.0 Å². The lowest BCUT2D eigenvalue weighted by atomic mass is 10.1. The quantitative estimate of drug-likeness (QED) is 0.733. The average Bonchev–Trinajstić information content (AvgIpc) is 3.07. The predicted molar refractivity (Wildman–Crippen MR) is 109 cm³/mol. The Morgan fingerprint density at radius 3 is 2.48 bits per heavy atom. The van der Waals surface area contributed by atoms with Crippen LogP contribution in [0, 0.1) is 0 Å². The van der Waals surface area contributed by atoms with E-state index >= 15 is 0 Å². The van der Waals surface area contributed by atoms with Crippen molar-refractivity contribution in [3.63, 3.8) is 0 Å². The highest BCUT2D eigenvalue weighted by molar-refractivity contribution is 6.30. The molecule has 1 saturated heterocycles. The highest BCUT2D eigenvalue weighted by Gasteiger charge is 2.23. The van der Waals surface area contributed by atoms with Gasteiger partial charge in [0.05, 0.1) is 11.7 Å². The zero-order valence-corrected chi connectivity index (χ0v) is 16.5. The topological polar surface area (TPSA) is 70.1 Å². The number of halogens is 1. The summed E-state index contributed by atoms with van der Waals surface area (Å²) >= 11 is 6.11. The number of aromatic amines is 1. The largest absolute Gasteiger partial charge is 0.368 e. The maximum atomic E-state index is 12.5. The second-order valence-electron chi connectivity index (χ2n) is 7.81. The van der Waals surface area contributed by atoms with Gasteiger partial charge in [-0.15, -0.1) is 0 Å². The third-order valence-electron chi connectivity index (χ3n) is 4.81. The highest BCUT2D eigenvalue weighted by atomic mass is 35.5. The molecule has 0 bridgehead atoms. The van der Waals surface area contributed by atoms with Crippen LogP contribution in [-0.2, 0) is 5.54 Å². The Hall–Kier alpha value is -2.54. The van der Waals surface area contributed by atoms with Gasteiger partial charge in [0.25, 0.3) is 5.56 Å². The number of fused-ring (bicyclic) bond motifs is 1. The van der Waals surface area contributed by atoms with E-state index in [9.17, 15) is 4.79 Å². The standard InChI is InChI=1S/C19H23ClN6O/c1-19(2,3)26-16-15(12-21-26)17(27)23-18(22-16)25-9-7-24(8-10-25)14-6-4-5-13(20)11-14/h4-6,11-12H,7-10H2,1-3H3,(H,22,23,27). The Kier molecular flexibility index (Phi) is 4.34. The van der Waals surface area contributed by atoms with Gasteiger partial charge in [-0.1, -0.05) is 17.7 Å². The van der Waals surface area contributed by atoms with E-state index in [1.54, 1.807) is 6.20 Å². The van der Waals surface area contributed by atoms with Gasteiger partial charge in [-0.25, -0.2) is 4.68 Å². The molecule has 0 amide bonds. The van der Waals surface area contributed by atoms with Gasteiger partial charge in [-0.2, -0.15) is 10.1 Å². The molecule has 1 aromatic carbocycles. The summed E-state index contributed by atoms with van der Waals surface area (Å²) in [5.41, 5.74) is 1.34. The van der Waals surface area contributed by atoms with Gasteiger partial charge in [-0.05, 0) is 39.0 Å². The molecule has 142 valence electrons. The Labute approximate surface area is 162 Å². The van der Waals surface area contributed by atoms with Crippen LogP contribution < -0.4 is 15.4 Å². The van der Waals surface area contributed by atoms with E-state index in [0.717, 1.165) is 36.9 Å². The summed E-state index contributed by atoms with van der Waals surface area (Å²) in [5, 5.41) is 5.63. The Morgan fingerprint density at radius 1 is 1.11 bits per heavy atom. The van der Waals surface area contributed by atoms with E-state index in [-0.39, 0.29) is 11.1 Å². The van der Waals surface area contributed by atoms with Crippen molar-refractivity contribution in [2.24, 2.45) is 0 Å². The minimum absolute atomic E-state index is 0.150. The first-order valence-electron chi connectivity index (χ1n) is 9.07. The molecular formula is C19H23ClN6O. The first kappa shape index (κ1) is 17.9. The molecule has 2 aromatic heterocycles. The van der Waals surface area contributed by atoms with Gasteiger partial charge in [0, 0.05) is 36.9 Å². The van der Waals surface area contributed by atoms with Gasteiger partial charge < -0.3 is 9.80 Å². The number of rotatable bonds is 2. The number of piperazine rings is 1. The summed E-state index contributed by atoms with van der Waals surface area (Å²) < 4.78 is 1.81. The zero-order valence-electron chi connectivity index (χ0n) is 15.7. The van der Waals surface area contributed by atoms with Gasteiger partial charge in [-0.3, -0.25) is 9.78 Å². The molecule has 0 unspecified atom stereocenters. The summed E-state index contributed by atoms with van der Waals surface area (Å²) in [5.74, 6) is 0.601. The zero-order chi connectivity index (χ0) is 19.2. The van der Waals surface area contributed by atoms with Gasteiger partial charge >= 0.3 is 0 Å². The van der Waals surface area contributed by atoms with Crippen molar-refractivity contribution in [1.82, 2.24) is 19.7 Å². The number of anilines is 2. The summed E-state index contributed by atoms with van der Waals surface area (Å²) in [4.78, 5) is 24.6. The molecule has 1 aliphatic heterocycles. The molecule has 1 N–H and O–H groups in total. The number of benzene rings is 1. The first-order valence-corrected chi connectivity index (χ1v) is 9.45. The number of nitrogens with zero attached hydrogens (tertiary/aromatic N) is 5. The lowest BCUT2D eigenvalue weighted by Gasteiger charge is -2.36. The van der Waals surface area contributed by atoms with Gasteiger partial charge in [0.15, 0.2) is 5.65 Å². The fourth-order valence-electron chi connectivity index (χ4n) is 3.40. The van der Waals surface area contributed by atoms with E-state index < -0.39 is 0 Å². The third-order valence-corrected chi connectivity index (χ3v) is 5.05. The second-order valence-corrected chi connectivity index (χ2v) is 8.24. The number of aromatic nitrogens is 4. The molecular weight excluding hydrogens is 364 g/mol. The Bertz CT molecular complexity index is 1030. The lowest BCUT2D eigenvalue weighted by Crippen LogP contribution is -2.47. The van der Waals surface area contributed by atoms with Crippen molar-refractivity contribution >= 4 is 34.3 Å². The first-order chi connectivity index (χ1) is 12.8. The molecule has 3 aromatic rings. The lowest BCUT2D eigenvalue weighted by molar-refractivity contribution is 0.366. The van der Waals surface area contributed by atoms with E-state index in [0.29, 0.717) is 17.0 Å². The number of H-pyrrole nitrogens is 1. The van der Waals surface area contributed by atoms with Gasteiger partial charge in [0.1, 0.15) is 5.39 Å². The van der Waals surface area contributed by atoms with Crippen LogP contribution in [0.4, 0.5) is 11.6 Å². The minimum atomic E-state index is -0.245. The molecule has 8 heteroatoms. The van der Waals surface area contributed by atoms with Crippen molar-refractivity contribution in [3.8, 4) is 0 Å². The molecule has 4 rings (SSSR count). The van der Waals surface area contributed by atoms with E-state index in [2.05, 4.69) is 25.9 Å². The summed E-state index contributed by atoms with van der Waals surface area (Å²) in [6.07, 6.45) is 1.59. The molecule has 0 spiro atoms. The van der Waals surface area contributed by atoms with Gasteiger partial charge in [0.2, 0.25) is 5.95 Å². The predicted octanol–water partition coefficient (Wildman–Crippen LogP) is 2.85. The van der Waals surface area contributed by atoms with Crippen molar-refractivity contribution in [2.45, 2.75) is 26.3 Å². The molecule has 3 heterocycles. The van der Waals surface area contributed by atoms with Crippen LogP contribution in [0.5, 0.6) is 0 Å². The van der Waals surface area contributed by atoms with Crippen molar-refractivity contribution in [2.75, 3.05) is 36.0 Å². The SMILES string of the molecule is CC(C)(C)n1ncc2c(=O)[nH]c(N3CCN(c4cccc(Cl)c4)CC3)nc21. The average molecular weight is 387 g/mol. The van der Waals surface area contributed by atoms with E-state index in [4.69, 9.17) is 16.6 Å². The maximum absolute atomic E-state index is 12.5. The smallest absolute Gasteiger partial charge is 0.263 e. The normalized spacial score (nSPS) is 15.6. The molecule has 7 nitrogen and oxygen atoms in total. The van der Waals surface area contributed by atoms with E-state index in [1.165, 1.54) is 0 Å². The van der Waals surface area contributed by atoms with Crippen LogP contribution in [0.2, 0.25) is 5.02 Å². The molecule has 1 fully saturated rings. The Morgan fingerprint density at radius 2 is 1.81 bits per heavy atom. The highest BCUT2D eigenvalue weighted by Crippen LogP contribution is 2.23. The van der Waals surface area contributed by atoms with Crippen LogP contribution in [-0.4, -0.2) is 45.9 Å². The van der Waals surface area contributed by atoms with E-state index in [1.807, 2.05) is 43.7 Å². The van der Waals surface area contributed by atoms with Crippen LogP contribution in [0.15, 0.2) is 35.3 Å². The van der Waals surface area contributed by atoms with Crippen LogP contribution >= 0.6 is 11.6 Å². The number of nitrogens with one attached hydrogen (secondary N) is 1. The van der Waals surface area contributed by atoms with Crippen molar-refractivity contribution in [3.05, 3.63) is 45.8 Å². The van der Waals surface area contributed by atoms with Crippen molar-refractivity contribution in [1.29, 1.82) is 0 Å². The number of hydrogen-bond donors (Lipinski definition) is 1. The molecule has 27 heavy (non-hydrogen) atoms. The molecule has 1 aliphatic rings. The Balaban J connectivity index is 1.60.